The molecule has 0 fully saturated rings. The lowest BCUT2D eigenvalue weighted by atomic mass is 9.95. The molecule has 1 aromatic carbocycles. The van der Waals surface area contributed by atoms with E-state index in [1.54, 1.807) is 13.0 Å². The number of benzene rings is 1. The molecule has 0 heterocycles. The number of nitrogens with two attached hydrogens (primary N) is 1. The van der Waals surface area contributed by atoms with E-state index in [1.807, 2.05) is 13.8 Å². The van der Waals surface area contributed by atoms with Crippen LogP contribution in [0.1, 0.15) is 27.2 Å². The molecule has 1 unspecified atom stereocenters. The Kier molecular flexibility index (Phi) is 6.26. The van der Waals surface area contributed by atoms with Gasteiger partial charge in [0.1, 0.15) is 4.90 Å². The van der Waals surface area contributed by atoms with Crippen molar-refractivity contribution in [1.82, 2.24) is 4.72 Å². The summed E-state index contributed by atoms with van der Waals surface area (Å²) in [6.45, 7) is 5.46. The summed E-state index contributed by atoms with van der Waals surface area (Å²) in [6, 6.07) is 3.13. The summed E-state index contributed by atoms with van der Waals surface area (Å²) >= 11 is 6.45. The quantitative estimate of drug-likeness (QED) is 0.589. The van der Waals surface area contributed by atoms with Crippen molar-refractivity contribution < 1.29 is 13.5 Å². The number of aliphatic hydroxyl groups is 1. The number of halogens is 2. The van der Waals surface area contributed by atoms with Crippen LogP contribution in [-0.4, -0.2) is 25.7 Å². The molecule has 8 heteroatoms. The molecule has 120 valence electrons. The topological polar surface area (TPSA) is 92.4 Å². The van der Waals surface area contributed by atoms with E-state index in [0.29, 0.717) is 15.4 Å². The van der Waals surface area contributed by atoms with Crippen LogP contribution in [0.25, 0.3) is 0 Å². The third-order valence-electron chi connectivity index (χ3n) is 2.80. The van der Waals surface area contributed by atoms with Crippen LogP contribution in [0.3, 0.4) is 0 Å². The molecule has 0 aliphatic heterocycles. The Labute approximate surface area is 142 Å². The molecule has 0 aromatic heterocycles. The molecule has 1 rings (SSSR count). The first kappa shape index (κ1) is 18.9. The van der Waals surface area contributed by atoms with Crippen molar-refractivity contribution in [2.75, 3.05) is 12.3 Å². The van der Waals surface area contributed by atoms with E-state index in [-0.39, 0.29) is 23.0 Å². The van der Waals surface area contributed by atoms with E-state index in [9.17, 15) is 13.5 Å². The fourth-order valence-electron chi connectivity index (χ4n) is 2.14. The van der Waals surface area contributed by atoms with Gasteiger partial charge in [0.05, 0.1) is 11.3 Å². The lowest BCUT2D eigenvalue weighted by Gasteiger charge is -2.25. The Morgan fingerprint density at radius 3 is 2.43 bits per heavy atom. The van der Waals surface area contributed by atoms with E-state index in [4.69, 9.17) is 5.73 Å². The Hall–Kier alpha value is -0.150. The molecule has 0 aliphatic carbocycles. The molecular weight excluding hydrogens is 424 g/mol. The average molecular weight is 444 g/mol. The highest BCUT2D eigenvalue weighted by Gasteiger charge is 2.27. The lowest BCUT2D eigenvalue weighted by Crippen LogP contribution is -2.41. The second kappa shape index (κ2) is 6.95. The maximum absolute atomic E-state index is 12.4. The molecule has 5 nitrogen and oxygen atoms in total. The molecule has 0 saturated carbocycles. The summed E-state index contributed by atoms with van der Waals surface area (Å²) in [5.41, 5.74) is 4.81. The molecule has 0 amide bonds. The molecule has 4 N–H and O–H groups in total. The number of rotatable bonds is 6. The van der Waals surface area contributed by atoms with Crippen molar-refractivity contribution in [2.45, 2.75) is 37.7 Å². The minimum Gasteiger partial charge on any atom is -0.398 e. The van der Waals surface area contributed by atoms with Gasteiger partial charge in [0, 0.05) is 15.5 Å². The highest BCUT2D eigenvalue weighted by atomic mass is 79.9. The zero-order valence-electron chi connectivity index (χ0n) is 12.2. The summed E-state index contributed by atoms with van der Waals surface area (Å²) in [6.07, 6.45) is 0.493. The minimum absolute atomic E-state index is 0.0222. The van der Waals surface area contributed by atoms with Gasteiger partial charge in [-0.3, -0.25) is 0 Å². The van der Waals surface area contributed by atoms with Gasteiger partial charge in [0.2, 0.25) is 10.0 Å². The van der Waals surface area contributed by atoms with Crippen molar-refractivity contribution >= 4 is 47.6 Å². The van der Waals surface area contributed by atoms with Gasteiger partial charge < -0.3 is 10.8 Å². The third kappa shape index (κ3) is 5.52. The molecule has 0 spiro atoms. The smallest absolute Gasteiger partial charge is 0.243 e. The van der Waals surface area contributed by atoms with E-state index >= 15 is 0 Å². The van der Waals surface area contributed by atoms with E-state index in [2.05, 4.69) is 36.6 Å². The van der Waals surface area contributed by atoms with Crippen molar-refractivity contribution in [3.05, 3.63) is 21.1 Å². The molecule has 0 aliphatic rings. The number of hydrogen-bond acceptors (Lipinski definition) is 4. The molecule has 1 aromatic rings. The first-order chi connectivity index (χ1) is 9.44. The summed E-state index contributed by atoms with van der Waals surface area (Å²) < 4.78 is 28.2. The summed E-state index contributed by atoms with van der Waals surface area (Å²) in [4.78, 5) is -0.0222. The van der Waals surface area contributed by atoms with Crippen LogP contribution in [0.15, 0.2) is 26.0 Å². The van der Waals surface area contributed by atoms with Gasteiger partial charge in [-0.15, -0.1) is 0 Å². The predicted octanol–water partition coefficient (Wildman–Crippen LogP) is 2.87. The highest BCUT2D eigenvalue weighted by Crippen LogP contribution is 2.31. The van der Waals surface area contributed by atoms with Crippen LogP contribution in [0.5, 0.6) is 0 Å². The highest BCUT2D eigenvalue weighted by molar-refractivity contribution is 9.11. The number of anilines is 1. The molecular formula is C13H20Br2N2O3S. The fraction of sp³-hybridized carbons (Fsp3) is 0.538. The Bertz CT molecular complexity index is 593. The van der Waals surface area contributed by atoms with Gasteiger partial charge in [-0.05, 0) is 47.3 Å². The maximum atomic E-state index is 12.4. The van der Waals surface area contributed by atoms with Crippen LogP contribution < -0.4 is 10.5 Å². The monoisotopic (exact) mass is 442 g/mol. The average Bonchev–Trinajstić information content (AvgIpc) is 2.23. The number of nitrogen functional groups attached to an aromatic ring is 1. The third-order valence-corrected chi connectivity index (χ3v) is 5.66. The van der Waals surface area contributed by atoms with Crippen LogP contribution >= 0.6 is 31.9 Å². The largest absolute Gasteiger partial charge is 0.398 e. The van der Waals surface area contributed by atoms with E-state index in [0.717, 1.165) is 0 Å². The molecule has 1 atom stereocenters. The van der Waals surface area contributed by atoms with Crippen LogP contribution in [0.2, 0.25) is 0 Å². The SMILES string of the molecule is CC(C)CC(C)(O)CNS(=O)(=O)c1c(N)cc(Br)cc1Br. The molecule has 0 bridgehead atoms. The second-order valence-electron chi connectivity index (χ2n) is 5.73. The number of nitrogens with one attached hydrogen (secondary N) is 1. The van der Waals surface area contributed by atoms with Crippen molar-refractivity contribution in [2.24, 2.45) is 5.92 Å². The standard InChI is InChI=1S/C13H20Br2N2O3S/c1-8(2)6-13(3,18)7-17-21(19,20)12-10(15)4-9(14)5-11(12)16/h4-5,8,17-18H,6-7,16H2,1-3H3. The van der Waals surface area contributed by atoms with Crippen molar-refractivity contribution in [3.63, 3.8) is 0 Å². The van der Waals surface area contributed by atoms with Gasteiger partial charge >= 0.3 is 0 Å². The lowest BCUT2D eigenvalue weighted by molar-refractivity contribution is 0.0437. The first-order valence-corrected chi connectivity index (χ1v) is 9.48. The Morgan fingerprint density at radius 2 is 1.95 bits per heavy atom. The van der Waals surface area contributed by atoms with Crippen molar-refractivity contribution in [3.8, 4) is 0 Å². The normalized spacial score (nSPS) is 15.2. The second-order valence-corrected chi connectivity index (χ2v) is 9.20. The zero-order chi connectivity index (χ0) is 16.4. The number of sulfonamides is 1. The Balaban J connectivity index is 2.98. The molecule has 0 radical (unpaired) electrons. The van der Waals surface area contributed by atoms with Crippen LogP contribution in [0, 0.1) is 5.92 Å². The molecule has 21 heavy (non-hydrogen) atoms. The maximum Gasteiger partial charge on any atom is 0.243 e. The summed E-state index contributed by atoms with van der Waals surface area (Å²) in [5, 5.41) is 10.2. The predicted molar refractivity (Wildman–Crippen MR) is 91.5 cm³/mol. The van der Waals surface area contributed by atoms with Crippen molar-refractivity contribution in [1.29, 1.82) is 0 Å². The van der Waals surface area contributed by atoms with Crippen LogP contribution in [0.4, 0.5) is 5.69 Å². The Morgan fingerprint density at radius 1 is 1.38 bits per heavy atom. The first-order valence-electron chi connectivity index (χ1n) is 6.41. The summed E-state index contributed by atoms with van der Waals surface area (Å²) in [5.74, 6) is 0.258. The van der Waals surface area contributed by atoms with Gasteiger partial charge in [-0.2, -0.15) is 0 Å². The van der Waals surface area contributed by atoms with Gasteiger partial charge in [0.15, 0.2) is 0 Å². The van der Waals surface area contributed by atoms with E-state index < -0.39 is 15.6 Å². The van der Waals surface area contributed by atoms with E-state index in [1.165, 1.54) is 6.07 Å². The fourth-order valence-corrected chi connectivity index (χ4v) is 5.37. The van der Waals surface area contributed by atoms with Crippen LogP contribution in [-0.2, 0) is 10.0 Å². The van der Waals surface area contributed by atoms with Gasteiger partial charge in [-0.1, -0.05) is 29.8 Å². The van der Waals surface area contributed by atoms with Gasteiger partial charge in [-0.25, -0.2) is 13.1 Å². The minimum atomic E-state index is -3.81. The summed E-state index contributed by atoms with van der Waals surface area (Å²) in [7, 11) is -3.81. The van der Waals surface area contributed by atoms with Gasteiger partial charge in [0.25, 0.3) is 0 Å². The zero-order valence-corrected chi connectivity index (χ0v) is 16.1. The molecule has 0 saturated heterocycles. The number of hydrogen-bond donors (Lipinski definition) is 3.